The Kier molecular flexibility index (Phi) is 9.80. The lowest BCUT2D eigenvalue weighted by Crippen LogP contribution is -2.32. The van der Waals surface area contributed by atoms with Crippen molar-refractivity contribution < 1.29 is 33.3 Å². The molecule has 0 saturated heterocycles. The van der Waals surface area contributed by atoms with Gasteiger partial charge in [0.15, 0.2) is 17.7 Å². The highest BCUT2D eigenvalue weighted by Crippen LogP contribution is 2.31. The number of esters is 1. The predicted molar refractivity (Wildman–Crippen MR) is 135 cm³/mol. The van der Waals surface area contributed by atoms with Gasteiger partial charge in [0, 0.05) is 16.6 Å². The highest BCUT2D eigenvalue weighted by atomic mass is 79.9. The molecule has 0 heterocycles. The van der Waals surface area contributed by atoms with Gasteiger partial charge in [0.25, 0.3) is 0 Å². The number of amides is 1. The quantitative estimate of drug-likeness (QED) is 0.210. The highest BCUT2D eigenvalue weighted by Gasteiger charge is 2.30. The van der Waals surface area contributed by atoms with E-state index in [9.17, 15) is 19.1 Å². The van der Waals surface area contributed by atoms with Crippen LogP contribution < -0.4 is 10.1 Å². The largest absolute Gasteiger partial charge is 0.505 e. The fourth-order valence-corrected chi connectivity index (χ4v) is 3.49. The number of carbonyl (C=O) groups is 2. The van der Waals surface area contributed by atoms with Crippen molar-refractivity contribution in [3.63, 3.8) is 0 Å². The van der Waals surface area contributed by atoms with Gasteiger partial charge in [-0.05, 0) is 54.1 Å². The summed E-state index contributed by atoms with van der Waals surface area (Å²) < 4.78 is 32.0. The molecule has 0 bridgehead atoms. The van der Waals surface area contributed by atoms with Gasteiger partial charge in [-0.25, -0.2) is 9.18 Å². The van der Waals surface area contributed by atoms with Crippen LogP contribution in [0, 0.1) is 5.82 Å². The van der Waals surface area contributed by atoms with Crippen LogP contribution in [0.25, 0.3) is 0 Å². The van der Waals surface area contributed by atoms with Crippen LogP contribution in [0.3, 0.4) is 0 Å². The van der Waals surface area contributed by atoms with E-state index < -0.39 is 35.8 Å². The number of ether oxygens (including phenoxy) is 3. The summed E-state index contributed by atoms with van der Waals surface area (Å²) in [5.74, 6) is -1.57. The monoisotopic (exact) mass is 563 g/mol. The maximum atomic E-state index is 14.2. The molecule has 1 amide bonds. The molecule has 10 heteroatoms. The summed E-state index contributed by atoms with van der Waals surface area (Å²) in [7, 11) is 0. The standard InChI is InChI=1S/C25H23BrFNO6S/c26-17-7-9-18(10-8-17)28-25(31)34-24(16-6-11-21(29)20(27)14-16)22(12-13-32-23(30)15-35)33-19-4-2-1-3-5-19/h1-11,14,22,24,29,35H,12-13,15H2,(H,28,31)/t22-,24-/m0/s1. The Balaban J connectivity index is 1.88. The molecule has 0 saturated carbocycles. The predicted octanol–water partition coefficient (Wildman–Crippen LogP) is 5.89. The minimum Gasteiger partial charge on any atom is -0.505 e. The van der Waals surface area contributed by atoms with Crippen LogP contribution in [0.5, 0.6) is 11.5 Å². The van der Waals surface area contributed by atoms with Crippen molar-refractivity contribution in [3.8, 4) is 11.5 Å². The molecule has 184 valence electrons. The summed E-state index contributed by atoms with van der Waals surface area (Å²) in [6.07, 6.45) is -2.67. The Bertz CT molecular complexity index is 1130. The van der Waals surface area contributed by atoms with Crippen LogP contribution in [0.2, 0.25) is 0 Å². The van der Waals surface area contributed by atoms with Crippen LogP contribution in [-0.2, 0) is 14.3 Å². The number of nitrogens with one attached hydrogen (secondary N) is 1. The number of anilines is 1. The molecular weight excluding hydrogens is 541 g/mol. The lowest BCUT2D eigenvalue weighted by molar-refractivity contribution is -0.141. The van der Waals surface area contributed by atoms with Gasteiger partial charge in [-0.3, -0.25) is 10.1 Å². The number of rotatable bonds is 10. The molecule has 0 aliphatic rings. The van der Waals surface area contributed by atoms with Crippen LogP contribution in [0.4, 0.5) is 14.9 Å². The van der Waals surface area contributed by atoms with Crippen molar-refractivity contribution in [2.24, 2.45) is 0 Å². The third-order valence-electron chi connectivity index (χ3n) is 4.79. The molecule has 3 aromatic rings. The van der Waals surface area contributed by atoms with E-state index in [1.165, 1.54) is 6.07 Å². The molecule has 7 nitrogen and oxygen atoms in total. The van der Waals surface area contributed by atoms with E-state index in [4.69, 9.17) is 14.2 Å². The van der Waals surface area contributed by atoms with Gasteiger partial charge >= 0.3 is 12.1 Å². The Labute approximate surface area is 215 Å². The van der Waals surface area contributed by atoms with Gasteiger partial charge in [-0.1, -0.05) is 40.2 Å². The second-order valence-electron chi connectivity index (χ2n) is 7.31. The minimum absolute atomic E-state index is 0.0499. The first-order valence-corrected chi connectivity index (χ1v) is 12.0. The number of benzene rings is 3. The van der Waals surface area contributed by atoms with E-state index in [-0.39, 0.29) is 24.3 Å². The van der Waals surface area contributed by atoms with Gasteiger partial charge in [0.2, 0.25) is 0 Å². The maximum Gasteiger partial charge on any atom is 0.412 e. The number of carbonyl (C=O) groups excluding carboxylic acids is 2. The average molecular weight is 564 g/mol. The molecule has 0 aliphatic carbocycles. The Morgan fingerprint density at radius 3 is 2.43 bits per heavy atom. The summed E-state index contributed by atoms with van der Waals surface area (Å²) in [4.78, 5) is 24.3. The number of phenolic OH excluding ortho intramolecular Hbond substituents is 1. The van der Waals surface area contributed by atoms with Crippen molar-refractivity contribution in [1.29, 1.82) is 0 Å². The summed E-state index contributed by atoms with van der Waals surface area (Å²) in [6, 6.07) is 19.3. The van der Waals surface area contributed by atoms with Crippen molar-refractivity contribution in [2.75, 3.05) is 17.7 Å². The number of aromatic hydroxyl groups is 1. The number of para-hydroxylation sites is 1. The number of hydrogen-bond donors (Lipinski definition) is 3. The second kappa shape index (κ2) is 13.0. The molecule has 35 heavy (non-hydrogen) atoms. The Hall–Kier alpha value is -3.24. The topological polar surface area (TPSA) is 94.1 Å². The zero-order chi connectivity index (χ0) is 25.2. The molecule has 2 N–H and O–H groups in total. The molecule has 2 atom stereocenters. The minimum atomic E-state index is -1.12. The molecule has 3 aromatic carbocycles. The van der Waals surface area contributed by atoms with Gasteiger partial charge in [-0.15, -0.1) is 0 Å². The third-order valence-corrected chi connectivity index (χ3v) is 5.57. The molecule has 0 aliphatic heterocycles. The molecule has 0 unspecified atom stereocenters. The molecule has 0 aromatic heterocycles. The molecule has 3 rings (SSSR count). The lowest BCUT2D eigenvalue weighted by Gasteiger charge is -2.28. The SMILES string of the molecule is O=C(CS)OCC[C@H](Oc1ccccc1)[C@@H](OC(=O)Nc1ccc(Br)cc1)c1ccc(O)c(F)c1. The zero-order valence-electron chi connectivity index (χ0n) is 18.4. The molecule has 0 radical (unpaired) electrons. The van der Waals surface area contributed by atoms with E-state index in [0.717, 1.165) is 16.6 Å². The molecular formula is C25H23BrFNO6S. The second-order valence-corrected chi connectivity index (χ2v) is 8.54. The van der Waals surface area contributed by atoms with Gasteiger partial charge in [0.1, 0.15) is 11.9 Å². The van der Waals surface area contributed by atoms with E-state index in [1.807, 2.05) is 6.07 Å². The van der Waals surface area contributed by atoms with Crippen molar-refractivity contribution in [1.82, 2.24) is 0 Å². The average Bonchev–Trinajstić information content (AvgIpc) is 2.85. The van der Waals surface area contributed by atoms with Crippen molar-refractivity contribution >= 4 is 46.3 Å². The molecule has 0 fully saturated rings. The van der Waals surface area contributed by atoms with Crippen LogP contribution in [0.1, 0.15) is 18.1 Å². The number of phenols is 1. The van der Waals surface area contributed by atoms with Gasteiger partial charge < -0.3 is 19.3 Å². The van der Waals surface area contributed by atoms with E-state index in [1.54, 1.807) is 48.5 Å². The normalized spacial score (nSPS) is 12.3. The Morgan fingerprint density at radius 1 is 1.06 bits per heavy atom. The lowest BCUT2D eigenvalue weighted by atomic mass is 10.0. The van der Waals surface area contributed by atoms with E-state index >= 15 is 0 Å². The fraction of sp³-hybridized carbons (Fsp3) is 0.200. The van der Waals surface area contributed by atoms with E-state index in [0.29, 0.717) is 11.4 Å². The fourth-order valence-electron chi connectivity index (χ4n) is 3.14. The summed E-state index contributed by atoms with van der Waals surface area (Å²) >= 11 is 7.21. The summed E-state index contributed by atoms with van der Waals surface area (Å²) in [5.41, 5.74) is 0.727. The highest BCUT2D eigenvalue weighted by molar-refractivity contribution is 9.10. The van der Waals surface area contributed by atoms with Crippen molar-refractivity contribution in [2.45, 2.75) is 18.6 Å². The number of hydrogen-bond acceptors (Lipinski definition) is 7. The first kappa shape index (κ1) is 26.4. The van der Waals surface area contributed by atoms with E-state index in [2.05, 4.69) is 33.9 Å². The maximum absolute atomic E-state index is 14.2. The zero-order valence-corrected chi connectivity index (χ0v) is 20.9. The number of thiol groups is 1. The third kappa shape index (κ3) is 8.18. The smallest absolute Gasteiger partial charge is 0.412 e. The molecule has 0 spiro atoms. The first-order valence-electron chi connectivity index (χ1n) is 10.6. The summed E-state index contributed by atoms with van der Waals surface area (Å²) in [6.45, 7) is -0.0499. The van der Waals surface area contributed by atoms with Crippen LogP contribution in [-0.4, -0.2) is 35.6 Å². The number of halogens is 2. The van der Waals surface area contributed by atoms with Crippen molar-refractivity contribution in [3.05, 3.63) is 88.6 Å². The van der Waals surface area contributed by atoms with Crippen LogP contribution in [0.15, 0.2) is 77.3 Å². The van der Waals surface area contributed by atoms with Gasteiger partial charge in [0.05, 0.1) is 12.4 Å². The van der Waals surface area contributed by atoms with Crippen LogP contribution >= 0.6 is 28.6 Å². The first-order chi connectivity index (χ1) is 16.9. The van der Waals surface area contributed by atoms with Gasteiger partial charge in [-0.2, -0.15) is 12.6 Å². The summed E-state index contributed by atoms with van der Waals surface area (Å²) in [5, 5.41) is 12.3. The Morgan fingerprint density at radius 2 is 1.77 bits per heavy atom.